The van der Waals surface area contributed by atoms with Crippen molar-refractivity contribution in [3.8, 4) is 6.01 Å². The number of aromatic nitrogens is 2. The Morgan fingerprint density at radius 3 is 2.81 bits per heavy atom. The molecule has 4 nitrogen and oxygen atoms in total. The predicted molar refractivity (Wildman–Crippen MR) is 65.4 cm³/mol. The SMILES string of the molecule is Cl.Clc1cnc(OCC2CCCNC2)nc1. The molecule has 6 heteroatoms. The first kappa shape index (κ1) is 13.5. The van der Waals surface area contributed by atoms with Crippen molar-refractivity contribution < 1.29 is 4.74 Å². The molecule has 0 aromatic carbocycles. The summed E-state index contributed by atoms with van der Waals surface area (Å²) in [5.74, 6) is 0.568. The number of hydrogen-bond donors (Lipinski definition) is 1. The molecule has 1 N–H and O–H groups in total. The Morgan fingerprint density at radius 1 is 1.44 bits per heavy atom. The highest BCUT2D eigenvalue weighted by Gasteiger charge is 2.13. The molecule has 0 bridgehead atoms. The van der Waals surface area contributed by atoms with E-state index in [1.54, 1.807) is 12.4 Å². The molecule has 1 aromatic rings. The van der Waals surface area contributed by atoms with E-state index in [1.807, 2.05) is 0 Å². The van der Waals surface area contributed by atoms with E-state index in [4.69, 9.17) is 16.3 Å². The average molecular weight is 264 g/mol. The van der Waals surface area contributed by atoms with Gasteiger partial charge in [0.2, 0.25) is 0 Å². The molecule has 1 atom stereocenters. The van der Waals surface area contributed by atoms with Gasteiger partial charge in [-0.05, 0) is 19.4 Å². The van der Waals surface area contributed by atoms with Gasteiger partial charge in [-0.2, -0.15) is 0 Å². The molecule has 1 aromatic heterocycles. The minimum atomic E-state index is 0. The van der Waals surface area contributed by atoms with Crippen LogP contribution in [-0.4, -0.2) is 29.7 Å². The number of ether oxygens (including phenoxy) is 1. The quantitative estimate of drug-likeness (QED) is 0.906. The van der Waals surface area contributed by atoms with Crippen LogP contribution < -0.4 is 10.1 Å². The highest BCUT2D eigenvalue weighted by atomic mass is 35.5. The fourth-order valence-electron chi connectivity index (χ4n) is 1.63. The lowest BCUT2D eigenvalue weighted by Gasteiger charge is -2.22. The van der Waals surface area contributed by atoms with Gasteiger partial charge in [-0.1, -0.05) is 11.6 Å². The standard InChI is InChI=1S/C10H14ClN3O.ClH/c11-9-5-13-10(14-6-9)15-7-8-2-1-3-12-4-8;/h5-6,8,12H,1-4,7H2;1H. The third-order valence-corrected chi connectivity index (χ3v) is 2.64. The molecular formula is C10H15Cl2N3O. The van der Waals surface area contributed by atoms with Crippen LogP contribution in [-0.2, 0) is 0 Å². The summed E-state index contributed by atoms with van der Waals surface area (Å²) in [6.07, 6.45) is 5.52. The zero-order valence-corrected chi connectivity index (χ0v) is 10.4. The Labute approximate surface area is 106 Å². The Morgan fingerprint density at radius 2 is 2.19 bits per heavy atom. The number of halogens is 2. The number of nitrogens with zero attached hydrogens (tertiary/aromatic N) is 2. The lowest BCUT2D eigenvalue weighted by atomic mass is 10.0. The first-order valence-corrected chi connectivity index (χ1v) is 5.53. The number of nitrogens with one attached hydrogen (secondary N) is 1. The van der Waals surface area contributed by atoms with Crippen molar-refractivity contribution in [2.45, 2.75) is 12.8 Å². The molecule has 90 valence electrons. The molecule has 1 fully saturated rings. The van der Waals surface area contributed by atoms with Crippen LogP contribution in [0.4, 0.5) is 0 Å². The van der Waals surface area contributed by atoms with E-state index in [1.165, 1.54) is 12.8 Å². The molecular weight excluding hydrogens is 249 g/mol. The molecule has 0 saturated carbocycles. The third-order valence-electron chi connectivity index (χ3n) is 2.44. The van der Waals surface area contributed by atoms with Gasteiger partial charge in [0.25, 0.3) is 0 Å². The lowest BCUT2D eigenvalue weighted by Crippen LogP contribution is -2.33. The molecule has 2 rings (SSSR count). The van der Waals surface area contributed by atoms with Crippen molar-refractivity contribution in [2.24, 2.45) is 5.92 Å². The van der Waals surface area contributed by atoms with Crippen LogP contribution in [0, 0.1) is 5.92 Å². The van der Waals surface area contributed by atoms with Gasteiger partial charge < -0.3 is 10.1 Å². The Kier molecular flexibility index (Phi) is 5.80. The largest absolute Gasteiger partial charge is 0.463 e. The fourth-order valence-corrected chi connectivity index (χ4v) is 1.73. The first-order valence-electron chi connectivity index (χ1n) is 5.15. The first-order chi connectivity index (χ1) is 7.34. The van der Waals surface area contributed by atoms with Crippen LogP contribution >= 0.6 is 24.0 Å². The summed E-state index contributed by atoms with van der Waals surface area (Å²) in [4.78, 5) is 7.95. The van der Waals surface area contributed by atoms with Gasteiger partial charge in [-0.25, -0.2) is 9.97 Å². The summed E-state index contributed by atoms with van der Waals surface area (Å²) < 4.78 is 5.48. The second-order valence-electron chi connectivity index (χ2n) is 3.71. The number of rotatable bonds is 3. The molecule has 0 aliphatic carbocycles. The maximum absolute atomic E-state index is 5.67. The highest BCUT2D eigenvalue weighted by molar-refractivity contribution is 6.30. The number of piperidine rings is 1. The van der Waals surface area contributed by atoms with E-state index in [9.17, 15) is 0 Å². The van der Waals surface area contributed by atoms with E-state index in [-0.39, 0.29) is 12.4 Å². The monoisotopic (exact) mass is 263 g/mol. The van der Waals surface area contributed by atoms with Gasteiger partial charge >= 0.3 is 6.01 Å². The van der Waals surface area contributed by atoms with Crippen LogP contribution in [0.25, 0.3) is 0 Å². The molecule has 0 amide bonds. The van der Waals surface area contributed by atoms with Gasteiger partial charge in [0.1, 0.15) is 0 Å². The summed E-state index contributed by atoms with van der Waals surface area (Å²) in [5.41, 5.74) is 0. The zero-order valence-electron chi connectivity index (χ0n) is 8.86. The predicted octanol–water partition coefficient (Wildman–Crippen LogP) is 1.93. The van der Waals surface area contributed by atoms with E-state index < -0.39 is 0 Å². The van der Waals surface area contributed by atoms with Crippen molar-refractivity contribution in [3.05, 3.63) is 17.4 Å². The maximum atomic E-state index is 5.67. The second-order valence-corrected chi connectivity index (χ2v) is 4.14. The van der Waals surface area contributed by atoms with E-state index in [0.717, 1.165) is 13.1 Å². The summed E-state index contributed by atoms with van der Waals surface area (Å²) in [6, 6.07) is 0.407. The van der Waals surface area contributed by atoms with Crippen molar-refractivity contribution in [2.75, 3.05) is 19.7 Å². The van der Waals surface area contributed by atoms with Gasteiger partial charge in [0.15, 0.2) is 0 Å². The molecule has 1 aliphatic rings. The van der Waals surface area contributed by atoms with Crippen molar-refractivity contribution in [1.82, 2.24) is 15.3 Å². The van der Waals surface area contributed by atoms with Crippen LogP contribution in [0.15, 0.2) is 12.4 Å². The maximum Gasteiger partial charge on any atom is 0.316 e. The topological polar surface area (TPSA) is 47.0 Å². The van der Waals surface area contributed by atoms with Gasteiger partial charge in [-0.3, -0.25) is 0 Å². The van der Waals surface area contributed by atoms with E-state index >= 15 is 0 Å². The van der Waals surface area contributed by atoms with Crippen molar-refractivity contribution in [1.29, 1.82) is 0 Å². The van der Waals surface area contributed by atoms with E-state index in [0.29, 0.717) is 23.6 Å². The van der Waals surface area contributed by atoms with Gasteiger partial charge in [0.05, 0.1) is 24.0 Å². The minimum Gasteiger partial charge on any atom is -0.463 e. The smallest absolute Gasteiger partial charge is 0.316 e. The summed E-state index contributed by atoms with van der Waals surface area (Å²) in [5, 5.41) is 3.87. The third kappa shape index (κ3) is 4.12. The van der Waals surface area contributed by atoms with Gasteiger partial charge in [-0.15, -0.1) is 12.4 Å². The Balaban J connectivity index is 0.00000128. The average Bonchev–Trinajstić information content (AvgIpc) is 2.30. The molecule has 1 aliphatic heterocycles. The van der Waals surface area contributed by atoms with Crippen molar-refractivity contribution >= 4 is 24.0 Å². The Hall–Kier alpha value is -0.580. The molecule has 0 radical (unpaired) electrons. The minimum absolute atomic E-state index is 0. The second kappa shape index (κ2) is 6.89. The van der Waals surface area contributed by atoms with Crippen LogP contribution in [0.3, 0.4) is 0 Å². The van der Waals surface area contributed by atoms with E-state index in [2.05, 4.69) is 15.3 Å². The molecule has 1 unspecified atom stereocenters. The molecule has 1 saturated heterocycles. The summed E-state index contributed by atoms with van der Waals surface area (Å²) in [7, 11) is 0. The summed E-state index contributed by atoms with van der Waals surface area (Å²) in [6.45, 7) is 2.82. The Bertz CT molecular complexity index is 301. The summed E-state index contributed by atoms with van der Waals surface area (Å²) >= 11 is 5.67. The van der Waals surface area contributed by atoms with Crippen molar-refractivity contribution in [3.63, 3.8) is 0 Å². The zero-order chi connectivity index (χ0) is 10.5. The highest BCUT2D eigenvalue weighted by Crippen LogP contribution is 2.12. The number of hydrogen-bond acceptors (Lipinski definition) is 4. The molecule has 2 heterocycles. The normalized spacial score (nSPS) is 19.9. The fraction of sp³-hybridized carbons (Fsp3) is 0.600. The lowest BCUT2D eigenvalue weighted by molar-refractivity contribution is 0.205. The molecule has 16 heavy (non-hydrogen) atoms. The van der Waals surface area contributed by atoms with Gasteiger partial charge in [0, 0.05) is 12.5 Å². The van der Waals surface area contributed by atoms with Crippen LogP contribution in [0.1, 0.15) is 12.8 Å². The van der Waals surface area contributed by atoms with Crippen LogP contribution in [0.5, 0.6) is 6.01 Å². The molecule has 0 spiro atoms. The van der Waals surface area contributed by atoms with Crippen LogP contribution in [0.2, 0.25) is 5.02 Å².